The van der Waals surface area contributed by atoms with Crippen LogP contribution in [0.15, 0.2) is 0 Å². The first kappa shape index (κ1) is 11.4. The van der Waals surface area contributed by atoms with Crippen LogP contribution in [0.5, 0.6) is 0 Å². The van der Waals surface area contributed by atoms with Crippen LogP contribution in [0.4, 0.5) is 0 Å². The maximum Gasteiger partial charge on any atom is 0.239 e. The van der Waals surface area contributed by atoms with Gasteiger partial charge in [-0.15, -0.1) is 0 Å². The number of rotatable bonds is 1. The molecule has 1 aliphatic rings. The zero-order valence-electron chi connectivity index (χ0n) is 8.14. The average Bonchev–Trinajstić information content (AvgIpc) is 2.19. The van der Waals surface area contributed by atoms with E-state index in [1.54, 1.807) is 6.92 Å². The van der Waals surface area contributed by atoms with Gasteiger partial charge in [0.1, 0.15) is 18.2 Å². The number of nitrogens with one attached hydrogen (secondary N) is 2. The van der Waals surface area contributed by atoms with E-state index in [9.17, 15) is 20.1 Å². The highest BCUT2D eigenvalue weighted by molar-refractivity contribution is 5.82. The summed E-state index contributed by atoms with van der Waals surface area (Å²) < 4.78 is 0. The maximum atomic E-state index is 11.2. The van der Waals surface area contributed by atoms with Gasteiger partial charge in [0.15, 0.2) is 0 Å². The normalized spacial score (nSPS) is 43.4. The standard InChI is InChI=1S/C8H16N2O4/c1-3-5(11)7(13)6(12)4(10-3)8(14)9-2/h3-7,10-13H,1-2H3,(H,9,14). The highest BCUT2D eigenvalue weighted by Gasteiger charge is 2.43. The number of aliphatic hydroxyl groups excluding tert-OH is 3. The predicted octanol–water partition coefficient (Wildman–Crippen LogP) is -2.82. The molecule has 1 fully saturated rings. The first-order valence-electron chi connectivity index (χ1n) is 4.51. The van der Waals surface area contributed by atoms with Crippen molar-refractivity contribution in [2.45, 2.75) is 37.3 Å². The Labute approximate surface area is 81.9 Å². The second-order valence-electron chi connectivity index (χ2n) is 3.52. The van der Waals surface area contributed by atoms with Gasteiger partial charge in [-0.3, -0.25) is 10.1 Å². The lowest BCUT2D eigenvalue weighted by molar-refractivity contribution is -0.141. The molecule has 0 aliphatic carbocycles. The van der Waals surface area contributed by atoms with E-state index >= 15 is 0 Å². The molecule has 82 valence electrons. The highest BCUT2D eigenvalue weighted by Crippen LogP contribution is 2.15. The summed E-state index contributed by atoms with van der Waals surface area (Å²) in [5, 5.41) is 33.4. The van der Waals surface area contributed by atoms with Crippen molar-refractivity contribution >= 4 is 5.91 Å². The lowest BCUT2D eigenvalue weighted by Crippen LogP contribution is -2.67. The van der Waals surface area contributed by atoms with Gasteiger partial charge in [0, 0.05) is 13.1 Å². The Bertz CT molecular complexity index is 223. The summed E-state index contributed by atoms with van der Waals surface area (Å²) >= 11 is 0. The Morgan fingerprint density at radius 2 is 1.79 bits per heavy atom. The Balaban J connectivity index is 2.75. The van der Waals surface area contributed by atoms with Crippen LogP contribution < -0.4 is 10.6 Å². The van der Waals surface area contributed by atoms with E-state index in [1.165, 1.54) is 7.05 Å². The minimum Gasteiger partial charge on any atom is -0.389 e. The van der Waals surface area contributed by atoms with E-state index < -0.39 is 36.3 Å². The maximum absolute atomic E-state index is 11.2. The first-order chi connectivity index (χ1) is 6.49. The number of carbonyl (C=O) groups excluding carboxylic acids is 1. The molecular formula is C8H16N2O4. The largest absolute Gasteiger partial charge is 0.389 e. The number of aliphatic hydroxyl groups is 3. The number of likely N-dealkylation sites (N-methyl/N-ethyl adjacent to an activating group) is 1. The fourth-order valence-electron chi connectivity index (χ4n) is 1.56. The minimum absolute atomic E-state index is 0.407. The Morgan fingerprint density at radius 3 is 2.29 bits per heavy atom. The summed E-state index contributed by atoms with van der Waals surface area (Å²) in [5.74, 6) is -0.407. The SMILES string of the molecule is CNC(=O)C1NC(C)C(O)C(O)C1O. The van der Waals surface area contributed by atoms with Crippen molar-refractivity contribution in [1.29, 1.82) is 0 Å². The molecule has 5 unspecified atom stereocenters. The Kier molecular flexibility index (Phi) is 3.43. The van der Waals surface area contributed by atoms with Crippen LogP contribution in [0.1, 0.15) is 6.92 Å². The lowest BCUT2D eigenvalue weighted by Gasteiger charge is -2.39. The number of hydrogen-bond donors (Lipinski definition) is 5. The van der Waals surface area contributed by atoms with Crippen LogP contribution in [0.2, 0.25) is 0 Å². The minimum atomic E-state index is -1.30. The monoisotopic (exact) mass is 204 g/mol. The molecular weight excluding hydrogens is 188 g/mol. The van der Waals surface area contributed by atoms with Crippen molar-refractivity contribution in [3.8, 4) is 0 Å². The fourth-order valence-corrected chi connectivity index (χ4v) is 1.56. The third-order valence-corrected chi connectivity index (χ3v) is 2.52. The Morgan fingerprint density at radius 1 is 1.21 bits per heavy atom. The second kappa shape index (κ2) is 4.22. The van der Waals surface area contributed by atoms with Gasteiger partial charge >= 0.3 is 0 Å². The zero-order valence-corrected chi connectivity index (χ0v) is 8.14. The van der Waals surface area contributed by atoms with Crippen molar-refractivity contribution in [3.05, 3.63) is 0 Å². The van der Waals surface area contributed by atoms with Gasteiger partial charge in [-0.05, 0) is 6.92 Å². The van der Waals surface area contributed by atoms with Crippen molar-refractivity contribution < 1.29 is 20.1 Å². The third-order valence-electron chi connectivity index (χ3n) is 2.52. The van der Waals surface area contributed by atoms with E-state index in [4.69, 9.17) is 0 Å². The third kappa shape index (κ3) is 1.88. The summed E-state index contributed by atoms with van der Waals surface area (Å²) in [7, 11) is 1.44. The van der Waals surface area contributed by atoms with Gasteiger partial charge in [-0.1, -0.05) is 0 Å². The molecule has 5 N–H and O–H groups in total. The van der Waals surface area contributed by atoms with Gasteiger partial charge in [0.2, 0.25) is 5.91 Å². The molecule has 1 heterocycles. The number of hydrogen-bond acceptors (Lipinski definition) is 5. The lowest BCUT2D eigenvalue weighted by atomic mass is 9.91. The van der Waals surface area contributed by atoms with Gasteiger partial charge < -0.3 is 20.6 Å². The molecule has 0 saturated carbocycles. The van der Waals surface area contributed by atoms with Crippen LogP contribution in [-0.4, -0.2) is 58.7 Å². The van der Waals surface area contributed by atoms with E-state index in [1.807, 2.05) is 0 Å². The van der Waals surface area contributed by atoms with Crippen LogP contribution in [0, 0.1) is 0 Å². The van der Waals surface area contributed by atoms with E-state index in [2.05, 4.69) is 10.6 Å². The molecule has 1 rings (SSSR count). The van der Waals surface area contributed by atoms with E-state index in [-0.39, 0.29) is 0 Å². The summed E-state index contributed by atoms with van der Waals surface area (Å²) in [5.41, 5.74) is 0. The van der Waals surface area contributed by atoms with Gasteiger partial charge in [-0.25, -0.2) is 0 Å². The zero-order chi connectivity index (χ0) is 10.9. The molecule has 1 saturated heterocycles. The molecule has 0 aromatic rings. The topological polar surface area (TPSA) is 102 Å². The molecule has 0 aromatic heterocycles. The smallest absolute Gasteiger partial charge is 0.239 e. The van der Waals surface area contributed by atoms with Crippen molar-refractivity contribution in [3.63, 3.8) is 0 Å². The van der Waals surface area contributed by atoms with Crippen molar-refractivity contribution in [2.24, 2.45) is 0 Å². The van der Waals surface area contributed by atoms with Crippen LogP contribution in [0.25, 0.3) is 0 Å². The molecule has 1 aliphatic heterocycles. The van der Waals surface area contributed by atoms with Gasteiger partial charge in [0.05, 0.1) is 6.10 Å². The first-order valence-corrected chi connectivity index (χ1v) is 4.51. The number of amides is 1. The molecule has 0 aromatic carbocycles. The van der Waals surface area contributed by atoms with Gasteiger partial charge in [-0.2, -0.15) is 0 Å². The summed E-state index contributed by atoms with van der Waals surface area (Å²) in [4.78, 5) is 11.2. The molecule has 0 spiro atoms. The fraction of sp³-hybridized carbons (Fsp3) is 0.875. The summed E-state index contributed by atoms with van der Waals surface area (Å²) in [6.45, 7) is 1.63. The molecule has 6 nitrogen and oxygen atoms in total. The molecule has 1 amide bonds. The average molecular weight is 204 g/mol. The van der Waals surface area contributed by atoms with Gasteiger partial charge in [0.25, 0.3) is 0 Å². The summed E-state index contributed by atoms with van der Waals surface area (Å²) in [6.07, 6.45) is -3.65. The quantitative estimate of drug-likeness (QED) is 0.317. The van der Waals surface area contributed by atoms with E-state index in [0.717, 1.165) is 0 Å². The summed E-state index contributed by atoms with van der Waals surface area (Å²) in [6, 6.07) is -1.32. The highest BCUT2D eigenvalue weighted by atomic mass is 16.4. The number of piperidine rings is 1. The van der Waals surface area contributed by atoms with Crippen LogP contribution in [0.3, 0.4) is 0 Å². The predicted molar refractivity (Wildman–Crippen MR) is 48.5 cm³/mol. The van der Waals surface area contributed by atoms with E-state index in [0.29, 0.717) is 0 Å². The van der Waals surface area contributed by atoms with Crippen molar-refractivity contribution in [1.82, 2.24) is 10.6 Å². The number of carbonyl (C=O) groups is 1. The van der Waals surface area contributed by atoms with Crippen LogP contribution in [-0.2, 0) is 4.79 Å². The molecule has 0 bridgehead atoms. The van der Waals surface area contributed by atoms with Crippen molar-refractivity contribution in [2.75, 3.05) is 7.05 Å². The van der Waals surface area contributed by atoms with Crippen LogP contribution >= 0.6 is 0 Å². The molecule has 6 heteroatoms. The molecule has 5 atom stereocenters. The Hall–Kier alpha value is -0.690. The second-order valence-corrected chi connectivity index (χ2v) is 3.52. The molecule has 0 radical (unpaired) electrons. The molecule has 14 heavy (non-hydrogen) atoms.